The van der Waals surface area contributed by atoms with E-state index in [1.165, 1.54) is 36.8 Å². The Bertz CT molecular complexity index is 830. The number of aryl methyl sites for hydroxylation is 2. The van der Waals surface area contributed by atoms with Gasteiger partial charge < -0.3 is 0 Å². The minimum absolute atomic E-state index is 0.116. The van der Waals surface area contributed by atoms with Crippen molar-refractivity contribution in [3.63, 3.8) is 0 Å². The molecule has 1 unspecified atom stereocenters. The van der Waals surface area contributed by atoms with Crippen LogP contribution in [0.3, 0.4) is 0 Å². The minimum Gasteiger partial charge on any atom is -0.294 e. The van der Waals surface area contributed by atoms with Gasteiger partial charge in [-0.05, 0) is 63.5 Å². The highest BCUT2D eigenvalue weighted by atomic mass is 16.1. The largest absolute Gasteiger partial charge is 0.294 e. The number of carbonyl (C=O) groups is 1. The number of aliphatic imine (C=N–C) groups is 1. The van der Waals surface area contributed by atoms with Crippen LogP contribution < -0.4 is 0 Å². The molecule has 2 aromatic carbocycles. The molecule has 3 rings (SSSR count). The van der Waals surface area contributed by atoms with Crippen molar-refractivity contribution in [1.82, 2.24) is 0 Å². The third kappa shape index (κ3) is 6.66. The number of benzene rings is 2. The second-order valence-corrected chi connectivity index (χ2v) is 8.72. The first-order valence-electron chi connectivity index (χ1n) is 11.3. The van der Waals surface area contributed by atoms with Crippen LogP contribution in [-0.4, -0.2) is 11.5 Å². The number of Topliss-reactive ketones (excluding diaryl/α,β-unsaturated/α-hetero) is 1. The molecule has 0 saturated heterocycles. The molecule has 0 spiro atoms. The molecule has 1 saturated carbocycles. The van der Waals surface area contributed by atoms with E-state index in [4.69, 9.17) is 4.99 Å². The fourth-order valence-corrected chi connectivity index (χ4v) is 3.91. The third-order valence-corrected chi connectivity index (χ3v) is 5.98. The highest BCUT2D eigenvalue weighted by Gasteiger charge is 2.29. The Morgan fingerprint density at radius 2 is 1.83 bits per heavy atom. The summed E-state index contributed by atoms with van der Waals surface area (Å²) >= 11 is 0. The van der Waals surface area contributed by atoms with E-state index in [0.717, 1.165) is 48.6 Å². The normalized spacial score (nSPS) is 15.3. The molecule has 2 heteroatoms. The van der Waals surface area contributed by atoms with Gasteiger partial charge in [-0.2, -0.15) is 0 Å². The SMILES string of the molecule is CCCCc1ccccc1N=C(C)CCC(CC1CC1)C(=O)c1ccc(C)cc1. The summed E-state index contributed by atoms with van der Waals surface area (Å²) in [6.07, 6.45) is 8.87. The average Bonchev–Trinajstić information content (AvgIpc) is 3.54. The summed E-state index contributed by atoms with van der Waals surface area (Å²) < 4.78 is 0. The first-order chi connectivity index (χ1) is 14.1. The topological polar surface area (TPSA) is 29.4 Å². The lowest BCUT2D eigenvalue weighted by atomic mass is 9.88. The Balaban J connectivity index is 1.66. The molecule has 0 aromatic heterocycles. The Kier molecular flexibility index (Phi) is 7.80. The summed E-state index contributed by atoms with van der Waals surface area (Å²) in [6, 6.07) is 16.5. The molecule has 1 fully saturated rings. The molecule has 1 aliphatic carbocycles. The van der Waals surface area contributed by atoms with Gasteiger partial charge >= 0.3 is 0 Å². The molecule has 29 heavy (non-hydrogen) atoms. The molecule has 0 radical (unpaired) electrons. The van der Waals surface area contributed by atoms with Crippen molar-refractivity contribution in [2.75, 3.05) is 0 Å². The van der Waals surface area contributed by atoms with E-state index < -0.39 is 0 Å². The van der Waals surface area contributed by atoms with Crippen LogP contribution in [0.25, 0.3) is 0 Å². The van der Waals surface area contributed by atoms with Crippen LogP contribution in [0.15, 0.2) is 53.5 Å². The second kappa shape index (κ2) is 10.5. The van der Waals surface area contributed by atoms with E-state index in [2.05, 4.69) is 45.0 Å². The van der Waals surface area contributed by atoms with Gasteiger partial charge in [-0.25, -0.2) is 0 Å². The third-order valence-electron chi connectivity index (χ3n) is 5.98. The summed E-state index contributed by atoms with van der Waals surface area (Å²) in [5.41, 5.74) is 5.62. The Hall–Kier alpha value is -2.22. The van der Waals surface area contributed by atoms with Crippen molar-refractivity contribution in [3.8, 4) is 0 Å². The van der Waals surface area contributed by atoms with Gasteiger partial charge in [-0.3, -0.25) is 9.79 Å². The molecule has 0 aliphatic heterocycles. The van der Waals surface area contributed by atoms with Crippen molar-refractivity contribution in [2.45, 2.75) is 72.1 Å². The predicted octanol–water partition coefficient (Wildman–Crippen LogP) is 7.51. The molecule has 0 N–H and O–H groups in total. The lowest BCUT2D eigenvalue weighted by Crippen LogP contribution is -2.17. The number of hydrogen-bond donors (Lipinski definition) is 0. The smallest absolute Gasteiger partial charge is 0.165 e. The molecule has 1 atom stereocenters. The van der Waals surface area contributed by atoms with E-state index in [-0.39, 0.29) is 5.92 Å². The fourth-order valence-electron chi connectivity index (χ4n) is 3.91. The molecule has 1 aliphatic rings. The van der Waals surface area contributed by atoms with Gasteiger partial charge in [0.25, 0.3) is 0 Å². The quantitative estimate of drug-likeness (QED) is 0.289. The number of nitrogens with zero attached hydrogens (tertiary/aromatic N) is 1. The highest BCUT2D eigenvalue weighted by Crippen LogP contribution is 2.37. The molecular weight excluding hydrogens is 354 g/mol. The number of ketones is 1. The van der Waals surface area contributed by atoms with Gasteiger partial charge in [-0.1, -0.05) is 74.2 Å². The Morgan fingerprint density at radius 1 is 1.10 bits per heavy atom. The van der Waals surface area contributed by atoms with Crippen molar-refractivity contribution in [1.29, 1.82) is 0 Å². The van der Waals surface area contributed by atoms with Crippen molar-refractivity contribution in [3.05, 3.63) is 65.2 Å². The maximum atomic E-state index is 13.1. The molecule has 0 bridgehead atoms. The second-order valence-electron chi connectivity index (χ2n) is 8.72. The zero-order chi connectivity index (χ0) is 20.6. The van der Waals surface area contributed by atoms with E-state index in [9.17, 15) is 4.79 Å². The maximum Gasteiger partial charge on any atom is 0.165 e. The monoisotopic (exact) mass is 389 g/mol. The molecular formula is C27H35NO. The first kappa shape index (κ1) is 21.5. The van der Waals surface area contributed by atoms with Crippen LogP contribution in [0.4, 0.5) is 5.69 Å². The van der Waals surface area contributed by atoms with Crippen LogP contribution in [0, 0.1) is 18.8 Å². The van der Waals surface area contributed by atoms with Crippen LogP contribution in [-0.2, 0) is 6.42 Å². The predicted molar refractivity (Wildman–Crippen MR) is 123 cm³/mol. The lowest BCUT2D eigenvalue weighted by Gasteiger charge is -2.16. The van der Waals surface area contributed by atoms with Gasteiger partial charge in [0, 0.05) is 17.2 Å². The van der Waals surface area contributed by atoms with Crippen LogP contribution in [0.1, 0.15) is 80.3 Å². The van der Waals surface area contributed by atoms with Crippen molar-refractivity contribution >= 4 is 17.2 Å². The van der Waals surface area contributed by atoms with Crippen LogP contribution >= 0.6 is 0 Å². The van der Waals surface area contributed by atoms with Crippen molar-refractivity contribution < 1.29 is 4.79 Å². The zero-order valence-corrected chi connectivity index (χ0v) is 18.3. The molecule has 2 aromatic rings. The summed E-state index contributed by atoms with van der Waals surface area (Å²) in [4.78, 5) is 18.1. The molecule has 0 amide bonds. The number of rotatable bonds is 11. The minimum atomic E-state index is 0.116. The van der Waals surface area contributed by atoms with Gasteiger partial charge in [0.05, 0.1) is 5.69 Å². The highest BCUT2D eigenvalue weighted by molar-refractivity contribution is 5.98. The summed E-state index contributed by atoms with van der Waals surface area (Å²) in [5.74, 6) is 1.18. The summed E-state index contributed by atoms with van der Waals surface area (Å²) in [6.45, 7) is 6.40. The summed E-state index contributed by atoms with van der Waals surface area (Å²) in [5, 5.41) is 0. The Labute approximate surface area is 176 Å². The average molecular weight is 390 g/mol. The first-order valence-corrected chi connectivity index (χ1v) is 11.3. The van der Waals surface area contributed by atoms with Crippen LogP contribution in [0.2, 0.25) is 0 Å². The van der Waals surface area contributed by atoms with E-state index in [1.807, 2.05) is 24.3 Å². The molecule has 154 valence electrons. The van der Waals surface area contributed by atoms with E-state index in [0.29, 0.717) is 5.78 Å². The van der Waals surface area contributed by atoms with E-state index >= 15 is 0 Å². The summed E-state index contributed by atoms with van der Waals surface area (Å²) in [7, 11) is 0. The zero-order valence-electron chi connectivity index (χ0n) is 18.3. The maximum absolute atomic E-state index is 13.1. The molecule has 2 nitrogen and oxygen atoms in total. The van der Waals surface area contributed by atoms with Crippen LogP contribution in [0.5, 0.6) is 0 Å². The van der Waals surface area contributed by atoms with Gasteiger partial charge in [0.1, 0.15) is 0 Å². The van der Waals surface area contributed by atoms with Crippen molar-refractivity contribution in [2.24, 2.45) is 16.8 Å². The standard InChI is InChI=1S/C27H35NO/c1-4-5-8-23-9-6-7-10-26(23)28-21(3)13-18-25(19-22-14-15-22)27(29)24-16-11-20(2)12-17-24/h6-7,9-12,16-17,22,25H,4-5,8,13-15,18-19H2,1-3H3. The molecule has 0 heterocycles. The van der Waals surface area contributed by atoms with E-state index in [1.54, 1.807) is 0 Å². The number of carbonyl (C=O) groups excluding carboxylic acids is 1. The fraction of sp³-hybridized carbons (Fsp3) is 0.481. The van der Waals surface area contributed by atoms with Gasteiger partial charge in [0.2, 0.25) is 0 Å². The number of hydrogen-bond acceptors (Lipinski definition) is 2. The Morgan fingerprint density at radius 3 is 2.52 bits per heavy atom. The number of unbranched alkanes of at least 4 members (excludes halogenated alkanes) is 1. The van der Waals surface area contributed by atoms with Gasteiger partial charge in [-0.15, -0.1) is 0 Å². The number of para-hydroxylation sites is 1. The van der Waals surface area contributed by atoms with Gasteiger partial charge in [0.15, 0.2) is 5.78 Å². The lowest BCUT2D eigenvalue weighted by molar-refractivity contribution is 0.0903.